The van der Waals surface area contributed by atoms with Crippen molar-refractivity contribution < 1.29 is 4.92 Å². The van der Waals surface area contributed by atoms with E-state index >= 15 is 0 Å². The van der Waals surface area contributed by atoms with Gasteiger partial charge in [-0.1, -0.05) is 17.7 Å². The predicted molar refractivity (Wildman–Crippen MR) is 79.1 cm³/mol. The largest absolute Gasteiger partial charge is 0.378 e. The molecule has 1 heterocycles. The number of nitrogens with one attached hydrogen (secondary N) is 1. The first-order valence-corrected chi connectivity index (χ1v) is 6.48. The Morgan fingerprint density at radius 2 is 2.20 bits per heavy atom. The molecule has 1 N–H and O–H groups in total. The molecule has 104 valence electrons. The second-order valence-electron chi connectivity index (χ2n) is 4.53. The van der Waals surface area contributed by atoms with E-state index in [9.17, 15) is 10.1 Å². The fraction of sp³-hybridized carbons (Fsp3) is 0.214. The summed E-state index contributed by atoms with van der Waals surface area (Å²) < 4.78 is 0. The summed E-state index contributed by atoms with van der Waals surface area (Å²) in [5, 5.41) is 14.2. The summed E-state index contributed by atoms with van der Waals surface area (Å²) in [5.41, 5.74) is 2.50. The number of hydrogen-bond donors (Lipinski definition) is 1. The number of anilines is 1. The Bertz CT molecular complexity index is 632. The molecular weight excluding hydrogens is 278 g/mol. The van der Waals surface area contributed by atoms with Crippen LogP contribution in [0.25, 0.3) is 0 Å². The van der Waals surface area contributed by atoms with E-state index in [-0.39, 0.29) is 16.8 Å². The van der Waals surface area contributed by atoms with Gasteiger partial charge in [-0.2, -0.15) is 0 Å². The van der Waals surface area contributed by atoms with Gasteiger partial charge in [0.1, 0.15) is 5.02 Å². The highest BCUT2D eigenvalue weighted by molar-refractivity contribution is 6.33. The Kier molecular flexibility index (Phi) is 4.20. The van der Waals surface area contributed by atoms with Crippen LogP contribution in [0.2, 0.25) is 5.02 Å². The quantitative estimate of drug-likeness (QED) is 0.679. The van der Waals surface area contributed by atoms with E-state index in [1.165, 1.54) is 6.07 Å². The monoisotopic (exact) mass is 291 g/mol. The van der Waals surface area contributed by atoms with Crippen molar-refractivity contribution in [2.75, 3.05) is 5.32 Å². The average molecular weight is 292 g/mol. The van der Waals surface area contributed by atoms with Crippen LogP contribution < -0.4 is 5.32 Å². The van der Waals surface area contributed by atoms with Crippen LogP contribution in [-0.2, 0) is 0 Å². The lowest BCUT2D eigenvalue weighted by molar-refractivity contribution is -0.384. The Hall–Kier alpha value is -2.14. The van der Waals surface area contributed by atoms with Crippen LogP contribution in [0.4, 0.5) is 11.4 Å². The molecule has 0 aliphatic heterocycles. The van der Waals surface area contributed by atoms with Crippen LogP contribution >= 0.6 is 11.6 Å². The maximum atomic E-state index is 10.8. The van der Waals surface area contributed by atoms with E-state index in [0.717, 1.165) is 16.8 Å². The number of pyridine rings is 1. The fourth-order valence-corrected chi connectivity index (χ4v) is 2.14. The molecule has 2 rings (SSSR count). The molecule has 1 aromatic heterocycles. The molecular formula is C14H14ClN3O2. The van der Waals surface area contributed by atoms with Crippen LogP contribution in [0.5, 0.6) is 0 Å². The molecule has 0 amide bonds. The molecule has 0 spiro atoms. The first-order valence-electron chi connectivity index (χ1n) is 6.10. The van der Waals surface area contributed by atoms with Crippen molar-refractivity contribution in [1.82, 2.24) is 4.98 Å². The van der Waals surface area contributed by atoms with Crippen molar-refractivity contribution in [3.63, 3.8) is 0 Å². The minimum atomic E-state index is -0.482. The zero-order chi connectivity index (χ0) is 14.7. The molecule has 2 aromatic rings. The molecule has 1 atom stereocenters. The Labute approximate surface area is 121 Å². The van der Waals surface area contributed by atoms with Crippen molar-refractivity contribution >= 4 is 23.0 Å². The van der Waals surface area contributed by atoms with Crippen LogP contribution in [0.1, 0.15) is 24.1 Å². The van der Waals surface area contributed by atoms with Crippen LogP contribution in [0, 0.1) is 17.0 Å². The minimum Gasteiger partial charge on any atom is -0.378 e. The Morgan fingerprint density at radius 1 is 1.45 bits per heavy atom. The normalized spacial score (nSPS) is 11.9. The maximum Gasteiger partial charge on any atom is 0.288 e. The molecule has 0 saturated carbocycles. The Morgan fingerprint density at radius 3 is 2.80 bits per heavy atom. The molecule has 0 radical (unpaired) electrons. The summed E-state index contributed by atoms with van der Waals surface area (Å²) in [6.45, 7) is 3.80. The summed E-state index contributed by atoms with van der Waals surface area (Å²) >= 11 is 5.93. The van der Waals surface area contributed by atoms with Gasteiger partial charge in [0.2, 0.25) is 0 Å². The number of nitro benzene ring substituents is 1. The highest BCUT2D eigenvalue weighted by Crippen LogP contribution is 2.32. The summed E-state index contributed by atoms with van der Waals surface area (Å²) in [7, 11) is 0. The number of nitrogens with zero attached hydrogens (tertiary/aromatic N) is 2. The van der Waals surface area contributed by atoms with Crippen LogP contribution in [-0.4, -0.2) is 9.91 Å². The molecule has 1 unspecified atom stereocenters. The lowest BCUT2D eigenvalue weighted by Gasteiger charge is -2.17. The van der Waals surface area contributed by atoms with E-state index in [4.69, 9.17) is 11.6 Å². The molecule has 0 aliphatic carbocycles. The summed E-state index contributed by atoms with van der Waals surface area (Å²) in [6.07, 6.45) is 3.49. The van der Waals surface area contributed by atoms with Crippen LogP contribution in [0.3, 0.4) is 0 Å². The van der Waals surface area contributed by atoms with Gasteiger partial charge >= 0.3 is 0 Å². The highest BCUT2D eigenvalue weighted by atomic mass is 35.5. The molecule has 0 bridgehead atoms. The second-order valence-corrected chi connectivity index (χ2v) is 4.94. The Balaban J connectivity index is 2.26. The van der Waals surface area contributed by atoms with Gasteiger partial charge in [0.05, 0.1) is 11.0 Å². The molecule has 0 aliphatic rings. The van der Waals surface area contributed by atoms with E-state index < -0.39 is 4.92 Å². The average Bonchev–Trinajstić information content (AvgIpc) is 2.43. The standard InChI is InChI=1S/C14H14ClN3O2/c1-9-6-14(18(19)20)12(15)7-13(9)17-10(2)11-4-3-5-16-8-11/h3-8,10,17H,1-2H3. The highest BCUT2D eigenvalue weighted by Gasteiger charge is 2.16. The van der Waals surface area contributed by atoms with Crippen molar-refractivity contribution in [1.29, 1.82) is 0 Å². The third kappa shape index (κ3) is 3.05. The zero-order valence-electron chi connectivity index (χ0n) is 11.1. The van der Waals surface area contributed by atoms with Gasteiger partial charge in [0, 0.05) is 24.1 Å². The third-order valence-corrected chi connectivity index (χ3v) is 3.35. The minimum absolute atomic E-state index is 0.0277. The van der Waals surface area contributed by atoms with Gasteiger partial charge in [-0.3, -0.25) is 15.1 Å². The molecule has 5 nitrogen and oxygen atoms in total. The summed E-state index contributed by atoms with van der Waals surface area (Å²) in [5.74, 6) is 0. The first kappa shape index (κ1) is 14.3. The van der Waals surface area contributed by atoms with Crippen molar-refractivity contribution in [2.24, 2.45) is 0 Å². The van der Waals surface area contributed by atoms with Gasteiger partial charge in [0.25, 0.3) is 5.69 Å². The zero-order valence-corrected chi connectivity index (χ0v) is 11.9. The van der Waals surface area contributed by atoms with E-state index in [1.54, 1.807) is 18.5 Å². The summed E-state index contributed by atoms with van der Waals surface area (Å²) in [6, 6.07) is 6.92. The van der Waals surface area contributed by atoms with E-state index in [1.807, 2.05) is 26.0 Å². The molecule has 0 saturated heterocycles. The lowest BCUT2D eigenvalue weighted by Crippen LogP contribution is -2.08. The smallest absolute Gasteiger partial charge is 0.288 e. The van der Waals surface area contributed by atoms with Gasteiger partial charge in [-0.05, 0) is 37.1 Å². The van der Waals surface area contributed by atoms with E-state index in [0.29, 0.717) is 0 Å². The SMILES string of the molecule is Cc1cc([N+](=O)[O-])c(Cl)cc1NC(C)c1cccnc1. The molecule has 20 heavy (non-hydrogen) atoms. The van der Waals surface area contributed by atoms with Gasteiger partial charge in [-0.25, -0.2) is 0 Å². The molecule has 6 heteroatoms. The molecule has 0 fully saturated rings. The second kappa shape index (κ2) is 5.88. The third-order valence-electron chi connectivity index (χ3n) is 3.05. The van der Waals surface area contributed by atoms with Crippen molar-refractivity contribution in [2.45, 2.75) is 19.9 Å². The fourth-order valence-electron chi connectivity index (χ4n) is 1.91. The van der Waals surface area contributed by atoms with Gasteiger partial charge < -0.3 is 5.32 Å². The van der Waals surface area contributed by atoms with Crippen molar-refractivity contribution in [3.05, 3.63) is 62.9 Å². The van der Waals surface area contributed by atoms with Gasteiger partial charge in [0.15, 0.2) is 0 Å². The molecule has 1 aromatic carbocycles. The summed E-state index contributed by atoms with van der Waals surface area (Å²) in [4.78, 5) is 14.4. The number of nitro groups is 1. The van der Waals surface area contributed by atoms with Crippen molar-refractivity contribution in [3.8, 4) is 0 Å². The van der Waals surface area contributed by atoms with Crippen LogP contribution in [0.15, 0.2) is 36.7 Å². The number of benzene rings is 1. The number of hydrogen-bond acceptors (Lipinski definition) is 4. The van der Waals surface area contributed by atoms with E-state index in [2.05, 4.69) is 10.3 Å². The maximum absolute atomic E-state index is 10.8. The topological polar surface area (TPSA) is 68.1 Å². The number of rotatable bonds is 4. The predicted octanol–water partition coefficient (Wildman–Crippen LogP) is 4.12. The number of halogens is 1. The number of aromatic nitrogens is 1. The first-order chi connectivity index (χ1) is 9.49. The lowest BCUT2D eigenvalue weighted by atomic mass is 10.1. The van der Waals surface area contributed by atoms with Gasteiger partial charge in [-0.15, -0.1) is 0 Å². The number of aryl methyl sites for hydroxylation is 1.